The maximum Gasteiger partial charge on any atom is 0.0644 e. The molecule has 2 N–H and O–H groups in total. The quantitative estimate of drug-likeness (QED) is 0.689. The van der Waals surface area contributed by atoms with E-state index in [9.17, 15) is 0 Å². The summed E-state index contributed by atoms with van der Waals surface area (Å²) >= 11 is 0. The number of aryl methyl sites for hydroxylation is 1. The van der Waals surface area contributed by atoms with Gasteiger partial charge in [-0.2, -0.15) is 0 Å². The predicted octanol–water partition coefficient (Wildman–Crippen LogP) is 4.50. The average molecular weight is 262 g/mol. The van der Waals surface area contributed by atoms with E-state index in [-0.39, 0.29) is 0 Å². The second-order valence-electron chi connectivity index (χ2n) is 5.12. The normalized spacial score (nSPS) is 10.7. The lowest BCUT2D eigenvalue weighted by Gasteiger charge is -2.23. The third kappa shape index (κ3) is 2.10. The summed E-state index contributed by atoms with van der Waals surface area (Å²) in [7, 11) is 2.06. The molecule has 0 saturated heterocycles. The summed E-state index contributed by atoms with van der Waals surface area (Å²) < 4.78 is 0. The Morgan fingerprint density at radius 1 is 0.850 bits per heavy atom. The minimum absolute atomic E-state index is 0.797. The Labute approximate surface area is 119 Å². The van der Waals surface area contributed by atoms with Gasteiger partial charge < -0.3 is 10.6 Å². The van der Waals surface area contributed by atoms with E-state index in [0.29, 0.717) is 0 Å². The SMILES string of the molecule is Cc1ccc(N)c(N(C)c2cccc3ccccc23)c1. The largest absolute Gasteiger partial charge is 0.397 e. The standard InChI is InChI=1S/C18H18N2/c1-13-10-11-16(19)18(12-13)20(2)17-9-5-7-14-6-3-4-8-15(14)17/h3-12H,19H2,1-2H3. The Kier molecular flexibility index (Phi) is 3.07. The second-order valence-corrected chi connectivity index (χ2v) is 5.12. The summed E-state index contributed by atoms with van der Waals surface area (Å²) in [4.78, 5) is 2.16. The van der Waals surface area contributed by atoms with Crippen molar-refractivity contribution in [2.24, 2.45) is 0 Å². The summed E-state index contributed by atoms with van der Waals surface area (Å²) in [5.41, 5.74) is 10.3. The molecule has 2 nitrogen and oxygen atoms in total. The van der Waals surface area contributed by atoms with Crippen molar-refractivity contribution in [3.8, 4) is 0 Å². The molecule has 0 saturated carbocycles. The number of benzene rings is 3. The lowest BCUT2D eigenvalue weighted by atomic mass is 10.1. The average Bonchev–Trinajstić information content (AvgIpc) is 2.48. The molecule has 2 heteroatoms. The van der Waals surface area contributed by atoms with Gasteiger partial charge in [-0.15, -0.1) is 0 Å². The fourth-order valence-electron chi connectivity index (χ4n) is 2.57. The van der Waals surface area contributed by atoms with E-state index in [1.165, 1.54) is 22.0 Å². The van der Waals surface area contributed by atoms with Crippen LogP contribution in [-0.4, -0.2) is 7.05 Å². The molecule has 0 aliphatic heterocycles. The van der Waals surface area contributed by atoms with E-state index in [1.807, 2.05) is 12.1 Å². The molecule has 0 fully saturated rings. The number of nitrogens with two attached hydrogens (primary N) is 1. The number of anilines is 3. The highest BCUT2D eigenvalue weighted by atomic mass is 15.1. The van der Waals surface area contributed by atoms with Crippen molar-refractivity contribution in [3.05, 3.63) is 66.2 Å². The summed E-state index contributed by atoms with van der Waals surface area (Å²) in [6.45, 7) is 2.08. The van der Waals surface area contributed by atoms with Crippen LogP contribution in [-0.2, 0) is 0 Å². The molecule has 3 rings (SSSR count). The molecule has 0 unspecified atom stereocenters. The van der Waals surface area contributed by atoms with Gasteiger partial charge in [-0.05, 0) is 36.1 Å². The molecule has 3 aromatic carbocycles. The lowest BCUT2D eigenvalue weighted by molar-refractivity contribution is 1.22. The van der Waals surface area contributed by atoms with Gasteiger partial charge in [0.05, 0.1) is 11.4 Å². The third-order valence-corrected chi connectivity index (χ3v) is 3.68. The Morgan fingerprint density at radius 3 is 2.45 bits per heavy atom. The van der Waals surface area contributed by atoms with Crippen LogP contribution < -0.4 is 10.6 Å². The molecule has 0 amide bonds. The van der Waals surface area contributed by atoms with Crippen molar-refractivity contribution < 1.29 is 0 Å². The van der Waals surface area contributed by atoms with Gasteiger partial charge in [0.15, 0.2) is 0 Å². The minimum Gasteiger partial charge on any atom is -0.397 e. The van der Waals surface area contributed by atoms with Gasteiger partial charge in [0, 0.05) is 18.1 Å². The van der Waals surface area contributed by atoms with E-state index in [4.69, 9.17) is 5.73 Å². The van der Waals surface area contributed by atoms with Gasteiger partial charge in [-0.1, -0.05) is 42.5 Å². The van der Waals surface area contributed by atoms with Crippen molar-refractivity contribution in [3.63, 3.8) is 0 Å². The smallest absolute Gasteiger partial charge is 0.0644 e. The molecule has 0 spiro atoms. The summed E-state index contributed by atoms with van der Waals surface area (Å²) in [6, 6.07) is 20.9. The van der Waals surface area contributed by atoms with Crippen molar-refractivity contribution in [1.29, 1.82) is 0 Å². The molecule has 0 aliphatic carbocycles. The maximum atomic E-state index is 6.13. The molecule has 0 radical (unpaired) electrons. The Morgan fingerprint density at radius 2 is 1.60 bits per heavy atom. The number of hydrogen-bond acceptors (Lipinski definition) is 2. The third-order valence-electron chi connectivity index (χ3n) is 3.68. The van der Waals surface area contributed by atoms with E-state index < -0.39 is 0 Å². The topological polar surface area (TPSA) is 29.3 Å². The van der Waals surface area contributed by atoms with Crippen LogP contribution in [0, 0.1) is 6.92 Å². The highest BCUT2D eigenvalue weighted by Crippen LogP contribution is 2.34. The first kappa shape index (κ1) is 12.5. The zero-order valence-corrected chi connectivity index (χ0v) is 11.8. The molecule has 0 aromatic heterocycles. The van der Waals surface area contributed by atoms with Crippen LogP contribution in [0.4, 0.5) is 17.1 Å². The van der Waals surface area contributed by atoms with Gasteiger partial charge in [-0.25, -0.2) is 0 Å². The minimum atomic E-state index is 0.797. The number of nitrogens with zero attached hydrogens (tertiary/aromatic N) is 1. The maximum absolute atomic E-state index is 6.13. The van der Waals surface area contributed by atoms with Crippen LogP contribution in [0.15, 0.2) is 60.7 Å². The van der Waals surface area contributed by atoms with Gasteiger partial charge in [0.25, 0.3) is 0 Å². The fraction of sp³-hybridized carbons (Fsp3) is 0.111. The Bertz CT molecular complexity index is 757. The summed E-state index contributed by atoms with van der Waals surface area (Å²) in [5.74, 6) is 0. The van der Waals surface area contributed by atoms with Crippen molar-refractivity contribution in [2.45, 2.75) is 6.92 Å². The van der Waals surface area contributed by atoms with Crippen LogP contribution in [0.2, 0.25) is 0 Å². The first-order valence-electron chi connectivity index (χ1n) is 6.74. The number of fused-ring (bicyclic) bond motifs is 1. The van der Waals surface area contributed by atoms with Gasteiger partial charge in [0.1, 0.15) is 0 Å². The first-order valence-corrected chi connectivity index (χ1v) is 6.74. The van der Waals surface area contributed by atoms with E-state index in [1.54, 1.807) is 0 Å². The molecular weight excluding hydrogens is 244 g/mol. The van der Waals surface area contributed by atoms with Crippen molar-refractivity contribution in [1.82, 2.24) is 0 Å². The number of nitrogen functional groups attached to an aromatic ring is 1. The molecule has 100 valence electrons. The first-order chi connectivity index (χ1) is 9.66. The van der Waals surface area contributed by atoms with Gasteiger partial charge >= 0.3 is 0 Å². The highest BCUT2D eigenvalue weighted by molar-refractivity contribution is 5.96. The predicted molar refractivity (Wildman–Crippen MR) is 87.6 cm³/mol. The summed E-state index contributed by atoms with van der Waals surface area (Å²) in [5, 5.41) is 2.47. The zero-order chi connectivity index (χ0) is 14.1. The molecule has 3 aromatic rings. The van der Waals surface area contributed by atoms with Crippen LogP contribution >= 0.6 is 0 Å². The zero-order valence-electron chi connectivity index (χ0n) is 11.8. The fourth-order valence-corrected chi connectivity index (χ4v) is 2.57. The van der Waals surface area contributed by atoms with Crippen LogP contribution in [0.25, 0.3) is 10.8 Å². The lowest BCUT2D eigenvalue weighted by Crippen LogP contribution is -2.12. The molecular formula is C18H18N2. The molecule has 0 aliphatic rings. The molecule has 0 bridgehead atoms. The number of rotatable bonds is 2. The number of hydrogen-bond donors (Lipinski definition) is 1. The van der Waals surface area contributed by atoms with E-state index >= 15 is 0 Å². The van der Waals surface area contributed by atoms with E-state index in [0.717, 1.165) is 11.4 Å². The Hall–Kier alpha value is -2.48. The Balaban J connectivity index is 2.17. The van der Waals surface area contributed by atoms with Gasteiger partial charge in [0.2, 0.25) is 0 Å². The molecule has 0 atom stereocenters. The van der Waals surface area contributed by atoms with Crippen molar-refractivity contribution in [2.75, 3.05) is 17.7 Å². The van der Waals surface area contributed by atoms with Crippen LogP contribution in [0.3, 0.4) is 0 Å². The summed E-state index contributed by atoms with van der Waals surface area (Å²) in [6.07, 6.45) is 0. The second kappa shape index (κ2) is 4.89. The van der Waals surface area contributed by atoms with Gasteiger partial charge in [-0.3, -0.25) is 0 Å². The molecule has 20 heavy (non-hydrogen) atoms. The van der Waals surface area contributed by atoms with Crippen molar-refractivity contribution >= 4 is 27.8 Å². The highest BCUT2D eigenvalue weighted by Gasteiger charge is 2.10. The monoisotopic (exact) mass is 262 g/mol. The van der Waals surface area contributed by atoms with Crippen LogP contribution in [0.5, 0.6) is 0 Å². The van der Waals surface area contributed by atoms with Crippen LogP contribution in [0.1, 0.15) is 5.56 Å². The van der Waals surface area contributed by atoms with E-state index in [2.05, 4.69) is 67.4 Å². The molecule has 0 heterocycles.